The molecule has 2 saturated heterocycles. The number of nitrogens with one attached hydrogen (secondary N) is 2. The summed E-state index contributed by atoms with van der Waals surface area (Å²) in [7, 11) is 2.12. The summed E-state index contributed by atoms with van der Waals surface area (Å²) in [6.45, 7) is 2.66. The van der Waals surface area contributed by atoms with Gasteiger partial charge in [-0.2, -0.15) is 0 Å². The second kappa shape index (κ2) is 6.99. The van der Waals surface area contributed by atoms with Gasteiger partial charge in [0.2, 0.25) is 5.91 Å². The first-order chi connectivity index (χ1) is 11.1. The maximum atomic E-state index is 12.7. The van der Waals surface area contributed by atoms with Crippen LogP contribution in [0.1, 0.15) is 24.8 Å². The van der Waals surface area contributed by atoms with Crippen LogP contribution in [0.25, 0.3) is 0 Å². The van der Waals surface area contributed by atoms with Crippen LogP contribution in [0.2, 0.25) is 0 Å². The minimum absolute atomic E-state index is 0.0597. The molecule has 5 heteroatoms. The van der Waals surface area contributed by atoms with Crippen molar-refractivity contribution in [1.82, 2.24) is 15.5 Å². The van der Waals surface area contributed by atoms with Gasteiger partial charge in [-0.1, -0.05) is 30.3 Å². The summed E-state index contributed by atoms with van der Waals surface area (Å²) in [5.74, 6) is -0.0597. The molecular formula is C18H27N3O2. The van der Waals surface area contributed by atoms with Crippen LogP contribution in [0.5, 0.6) is 0 Å². The number of nitrogens with zero attached hydrogens (tertiary/aromatic N) is 1. The Morgan fingerprint density at radius 1 is 1.35 bits per heavy atom. The first-order valence-corrected chi connectivity index (χ1v) is 8.54. The molecule has 126 valence electrons. The van der Waals surface area contributed by atoms with Gasteiger partial charge in [0.25, 0.3) is 0 Å². The maximum Gasteiger partial charge on any atom is 0.240 e. The number of aliphatic hydroxyl groups is 1. The number of hydrogen-bond donors (Lipinski definition) is 3. The zero-order valence-corrected chi connectivity index (χ0v) is 13.8. The molecule has 5 nitrogen and oxygen atoms in total. The van der Waals surface area contributed by atoms with Crippen LogP contribution in [0.3, 0.4) is 0 Å². The normalized spacial score (nSPS) is 27.7. The van der Waals surface area contributed by atoms with E-state index in [2.05, 4.69) is 34.7 Å². The van der Waals surface area contributed by atoms with Crippen molar-refractivity contribution in [3.05, 3.63) is 35.9 Å². The van der Waals surface area contributed by atoms with Crippen LogP contribution in [0.15, 0.2) is 30.3 Å². The van der Waals surface area contributed by atoms with Gasteiger partial charge in [0.15, 0.2) is 0 Å². The average Bonchev–Trinajstić information content (AvgIpc) is 2.98. The van der Waals surface area contributed by atoms with Gasteiger partial charge in [-0.15, -0.1) is 0 Å². The van der Waals surface area contributed by atoms with E-state index in [4.69, 9.17) is 0 Å². The van der Waals surface area contributed by atoms with E-state index in [0.29, 0.717) is 13.0 Å². The second-order valence-electron chi connectivity index (χ2n) is 7.02. The third-order valence-corrected chi connectivity index (χ3v) is 5.19. The molecule has 0 radical (unpaired) electrons. The Morgan fingerprint density at radius 3 is 2.65 bits per heavy atom. The summed E-state index contributed by atoms with van der Waals surface area (Å²) in [6, 6.07) is 9.87. The van der Waals surface area contributed by atoms with E-state index in [1.165, 1.54) is 5.56 Å². The van der Waals surface area contributed by atoms with Gasteiger partial charge < -0.3 is 20.6 Å². The molecule has 2 unspecified atom stereocenters. The fraction of sp³-hybridized carbons (Fsp3) is 0.611. The molecule has 2 heterocycles. The summed E-state index contributed by atoms with van der Waals surface area (Å²) in [5.41, 5.74) is 1.03. The summed E-state index contributed by atoms with van der Waals surface area (Å²) >= 11 is 0. The monoisotopic (exact) mass is 317 g/mol. The van der Waals surface area contributed by atoms with Gasteiger partial charge in [0.05, 0.1) is 6.10 Å². The standard InChI is InChI=1S/C18H27N3O2/c1-21-11-8-18(9-12-21,13-14-5-3-2-4-6-14)20-17(23)16-15(22)7-10-19-16/h2-6,15-16,19,22H,7-13H2,1H3,(H,20,23). The zero-order valence-electron chi connectivity index (χ0n) is 13.8. The topological polar surface area (TPSA) is 64.6 Å². The molecule has 0 spiro atoms. The van der Waals surface area contributed by atoms with Gasteiger partial charge in [-0.3, -0.25) is 4.79 Å². The smallest absolute Gasteiger partial charge is 0.240 e. The van der Waals surface area contributed by atoms with Crippen LogP contribution in [-0.4, -0.2) is 60.3 Å². The lowest BCUT2D eigenvalue weighted by molar-refractivity contribution is -0.127. The van der Waals surface area contributed by atoms with Crippen LogP contribution in [0, 0.1) is 0 Å². The maximum absolute atomic E-state index is 12.7. The van der Waals surface area contributed by atoms with E-state index in [-0.39, 0.29) is 11.4 Å². The predicted molar refractivity (Wildman–Crippen MR) is 90.2 cm³/mol. The Bertz CT molecular complexity index is 526. The van der Waals surface area contributed by atoms with Crippen molar-refractivity contribution in [3.63, 3.8) is 0 Å². The summed E-state index contributed by atoms with van der Waals surface area (Å²) in [5, 5.41) is 16.4. The number of likely N-dealkylation sites (tertiary alicyclic amines) is 1. The van der Waals surface area contributed by atoms with E-state index in [1.54, 1.807) is 0 Å². The third kappa shape index (κ3) is 3.91. The fourth-order valence-corrected chi connectivity index (χ4v) is 3.68. The number of hydrogen-bond acceptors (Lipinski definition) is 4. The molecule has 3 N–H and O–H groups in total. The number of amides is 1. The highest BCUT2D eigenvalue weighted by atomic mass is 16.3. The van der Waals surface area contributed by atoms with Gasteiger partial charge in [-0.25, -0.2) is 0 Å². The molecule has 0 aromatic heterocycles. The number of rotatable bonds is 4. The first kappa shape index (κ1) is 16.4. The first-order valence-electron chi connectivity index (χ1n) is 8.54. The molecule has 3 rings (SSSR count). The van der Waals surface area contributed by atoms with Gasteiger partial charge in [-0.05, 0) is 44.8 Å². The molecule has 0 aliphatic carbocycles. The highest BCUT2D eigenvalue weighted by Gasteiger charge is 2.39. The molecule has 0 saturated carbocycles. The molecule has 1 aromatic rings. The van der Waals surface area contributed by atoms with Crippen molar-refractivity contribution >= 4 is 5.91 Å². The molecule has 23 heavy (non-hydrogen) atoms. The lowest BCUT2D eigenvalue weighted by Gasteiger charge is -2.42. The Kier molecular flexibility index (Phi) is 4.99. The minimum atomic E-state index is -0.574. The van der Waals surface area contributed by atoms with Crippen molar-refractivity contribution in [1.29, 1.82) is 0 Å². The third-order valence-electron chi connectivity index (χ3n) is 5.19. The zero-order chi connectivity index (χ0) is 16.3. The largest absolute Gasteiger partial charge is 0.391 e. The van der Waals surface area contributed by atoms with E-state index in [1.807, 2.05) is 18.2 Å². The van der Waals surface area contributed by atoms with Crippen molar-refractivity contribution in [2.75, 3.05) is 26.7 Å². The average molecular weight is 317 g/mol. The molecule has 2 aliphatic heterocycles. The number of piperidine rings is 1. The molecule has 2 aliphatic rings. The van der Waals surface area contributed by atoms with Gasteiger partial charge in [0.1, 0.15) is 6.04 Å². The van der Waals surface area contributed by atoms with Crippen LogP contribution < -0.4 is 10.6 Å². The molecule has 2 atom stereocenters. The Labute approximate surface area is 138 Å². The SMILES string of the molecule is CN1CCC(Cc2ccccc2)(NC(=O)C2NCCC2O)CC1. The van der Waals surface area contributed by atoms with E-state index in [9.17, 15) is 9.90 Å². The van der Waals surface area contributed by atoms with Crippen molar-refractivity contribution in [2.24, 2.45) is 0 Å². The number of carbonyl (C=O) groups is 1. The van der Waals surface area contributed by atoms with Crippen LogP contribution >= 0.6 is 0 Å². The summed E-state index contributed by atoms with van der Waals surface area (Å²) in [4.78, 5) is 15.0. The van der Waals surface area contributed by atoms with Crippen molar-refractivity contribution in [2.45, 2.75) is 43.4 Å². The quantitative estimate of drug-likeness (QED) is 0.758. The molecule has 1 amide bonds. The summed E-state index contributed by atoms with van der Waals surface area (Å²) < 4.78 is 0. The van der Waals surface area contributed by atoms with Crippen LogP contribution in [0.4, 0.5) is 0 Å². The highest BCUT2D eigenvalue weighted by Crippen LogP contribution is 2.26. The summed E-state index contributed by atoms with van der Waals surface area (Å²) in [6.07, 6.45) is 2.79. The van der Waals surface area contributed by atoms with Crippen molar-refractivity contribution < 1.29 is 9.90 Å². The van der Waals surface area contributed by atoms with Gasteiger partial charge >= 0.3 is 0 Å². The minimum Gasteiger partial charge on any atom is -0.391 e. The Morgan fingerprint density at radius 2 is 2.04 bits per heavy atom. The molecule has 0 bridgehead atoms. The Balaban J connectivity index is 1.74. The van der Waals surface area contributed by atoms with E-state index < -0.39 is 12.1 Å². The lowest BCUT2D eigenvalue weighted by Crippen LogP contribution is -2.60. The lowest BCUT2D eigenvalue weighted by atomic mass is 9.81. The predicted octanol–water partition coefficient (Wildman–Crippen LogP) is 0.533. The highest BCUT2D eigenvalue weighted by molar-refractivity contribution is 5.83. The second-order valence-corrected chi connectivity index (χ2v) is 7.02. The van der Waals surface area contributed by atoms with Gasteiger partial charge in [0, 0.05) is 18.6 Å². The fourth-order valence-electron chi connectivity index (χ4n) is 3.68. The van der Waals surface area contributed by atoms with E-state index in [0.717, 1.165) is 32.4 Å². The molecule has 2 fully saturated rings. The van der Waals surface area contributed by atoms with Crippen LogP contribution in [-0.2, 0) is 11.2 Å². The number of benzene rings is 1. The number of carbonyl (C=O) groups excluding carboxylic acids is 1. The Hall–Kier alpha value is -1.43. The molecule has 1 aromatic carbocycles. The van der Waals surface area contributed by atoms with E-state index >= 15 is 0 Å². The van der Waals surface area contributed by atoms with Crippen molar-refractivity contribution in [3.8, 4) is 0 Å². The number of aliphatic hydroxyl groups excluding tert-OH is 1. The molecular weight excluding hydrogens is 290 g/mol.